The number of likely N-dealkylation sites (N-methyl/N-ethyl adjacent to an activating group) is 1. The first-order valence-electron chi connectivity index (χ1n) is 5.27. The zero-order valence-corrected chi connectivity index (χ0v) is 11.9. The number of anilines is 1. The van der Waals surface area contributed by atoms with Gasteiger partial charge >= 0.3 is 0 Å². The predicted molar refractivity (Wildman–Crippen MR) is 72.1 cm³/mol. The summed E-state index contributed by atoms with van der Waals surface area (Å²) in [5.74, 6) is -0.0486. The molecule has 4 nitrogen and oxygen atoms in total. The summed E-state index contributed by atoms with van der Waals surface area (Å²) >= 11 is 3.34. The lowest BCUT2D eigenvalue weighted by Gasteiger charge is -2.18. The van der Waals surface area contributed by atoms with Crippen molar-refractivity contribution in [2.45, 2.75) is 6.92 Å². The minimum Gasteiger partial charge on any atom is -0.398 e. The third-order valence-electron chi connectivity index (χ3n) is 2.62. The number of ether oxygens (including phenoxy) is 1. The lowest BCUT2D eigenvalue weighted by Crippen LogP contribution is -2.30. The molecule has 0 fully saturated rings. The summed E-state index contributed by atoms with van der Waals surface area (Å²) in [5.41, 5.74) is 7.88. The number of nitrogens with two attached hydrogens (primary N) is 1. The smallest absolute Gasteiger partial charge is 0.254 e. The molecular formula is C12H17BrN2O2. The Balaban J connectivity index is 2.96. The summed E-state index contributed by atoms with van der Waals surface area (Å²) < 4.78 is 5.76. The average molecular weight is 301 g/mol. The zero-order valence-electron chi connectivity index (χ0n) is 10.3. The van der Waals surface area contributed by atoms with Crippen LogP contribution < -0.4 is 5.73 Å². The second kappa shape index (κ2) is 6.02. The number of amides is 1. The molecule has 0 bridgehead atoms. The van der Waals surface area contributed by atoms with Gasteiger partial charge in [0.15, 0.2) is 0 Å². The maximum atomic E-state index is 12.2. The van der Waals surface area contributed by atoms with E-state index in [4.69, 9.17) is 10.5 Å². The Morgan fingerprint density at radius 2 is 2.18 bits per heavy atom. The number of carbonyl (C=O) groups is 1. The number of carbonyl (C=O) groups excluding carboxylic acids is 1. The second-order valence-electron chi connectivity index (χ2n) is 3.89. The van der Waals surface area contributed by atoms with Crippen LogP contribution in [0, 0.1) is 6.92 Å². The summed E-state index contributed by atoms with van der Waals surface area (Å²) in [6.45, 7) is 2.92. The average Bonchev–Trinajstić information content (AvgIpc) is 2.29. The van der Waals surface area contributed by atoms with Gasteiger partial charge in [-0.2, -0.15) is 0 Å². The minimum absolute atomic E-state index is 0.0486. The molecule has 1 aromatic rings. The fourth-order valence-corrected chi connectivity index (χ4v) is 1.93. The number of hydrogen-bond acceptors (Lipinski definition) is 3. The van der Waals surface area contributed by atoms with E-state index in [-0.39, 0.29) is 5.91 Å². The Kier molecular flexibility index (Phi) is 4.96. The molecule has 1 amide bonds. The molecule has 0 aliphatic rings. The third-order valence-corrected chi connectivity index (χ3v) is 3.08. The highest BCUT2D eigenvalue weighted by Gasteiger charge is 2.16. The van der Waals surface area contributed by atoms with E-state index >= 15 is 0 Å². The van der Waals surface area contributed by atoms with Gasteiger partial charge in [0, 0.05) is 36.4 Å². The van der Waals surface area contributed by atoms with Gasteiger partial charge in [0.1, 0.15) is 0 Å². The molecule has 1 rings (SSSR count). The molecule has 0 saturated carbocycles. The van der Waals surface area contributed by atoms with Crippen molar-refractivity contribution in [1.29, 1.82) is 0 Å². The van der Waals surface area contributed by atoms with Crippen molar-refractivity contribution >= 4 is 27.5 Å². The van der Waals surface area contributed by atoms with Crippen molar-refractivity contribution in [3.8, 4) is 0 Å². The van der Waals surface area contributed by atoms with Crippen LogP contribution in [0.3, 0.4) is 0 Å². The van der Waals surface area contributed by atoms with E-state index in [1.165, 1.54) is 0 Å². The van der Waals surface area contributed by atoms with Gasteiger partial charge < -0.3 is 15.4 Å². The van der Waals surface area contributed by atoms with Gasteiger partial charge in [-0.05, 0) is 24.6 Å². The molecule has 0 radical (unpaired) electrons. The Morgan fingerprint density at radius 3 is 2.76 bits per heavy atom. The standard InChI is InChI=1S/C12H17BrN2O2/c1-8-10(6-9(13)7-11(8)14)12(16)15(2)4-5-17-3/h6-7H,4-5,14H2,1-3H3. The number of hydrogen-bond donors (Lipinski definition) is 1. The first-order chi connectivity index (χ1) is 7.97. The van der Waals surface area contributed by atoms with E-state index in [1.807, 2.05) is 6.92 Å². The summed E-state index contributed by atoms with van der Waals surface area (Å²) in [4.78, 5) is 13.8. The van der Waals surface area contributed by atoms with Crippen LogP contribution in [0.4, 0.5) is 5.69 Å². The van der Waals surface area contributed by atoms with Crippen LogP contribution in [-0.4, -0.2) is 38.1 Å². The normalized spacial score (nSPS) is 10.4. The summed E-state index contributed by atoms with van der Waals surface area (Å²) in [5, 5.41) is 0. The molecule has 94 valence electrons. The topological polar surface area (TPSA) is 55.6 Å². The number of nitrogen functional groups attached to an aromatic ring is 1. The molecule has 0 unspecified atom stereocenters. The fourth-order valence-electron chi connectivity index (χ4n) is 1.46. The van der Waals surface area contributed by atoms with Crippen LogP contribution >= 0.6 is 15.9 Å². The van der Waals surface area contributed by atoms with E-state index in [0.717, 1.165) is 10.0 Å². The van der Waals surface area contributed by atoms with Gasteiger partial charge in [-0.15, -0.1) is 0 Å². The fraction of sp³-hybridized carbons (Fsp3) is 0.417. The van der Waals surface area contributed by atoms with E-state index in [9.17, 15) is 4.79 Å². The van der Waals surface area contributed by atoms with Crippen molar-refractivity contribution in [2.75, 3.05) is 33.0 Å². The maximum Gasteiger partial charge on any atom is 0.254 e. The van der Waals surface area contributed by atoms with Crippen molar-refractivity contribution in [1.82, 2.24) is 4.90 Å². The molecule has 2 N–H and O–H groups in total. The molecule has 0 saturated heterocycles. The first kappa shape index (κ1) is 14.0. The monoisotopic (exact) mass is 300 g/mol. The number of rotatable bonds is 4. The van der Waals surface area contributed by atoms with Crippen LogP contribution in [0.25, 0.3) is 0 Å². The van der Waals surface area contributed by atoms with Gasteiger partial charge in [0.2, 0.25) is 0 Å². The SMILES string of the molecule is COCCN(C)C(=O)c1cc(Br)cc(N)c1C. The summed E-state index contributed by atoms with van der Waals surface area (Å²) in [7, 11) is 3.36. The summed E-state index contributed by atoms with van der Waals surface area (Å²) in [6, 6.07) is 3.58. The molecule has 0 heterocycles. The molecule has 0 aliphatic heterocycles. The second-order valence-corrected chi connectivity index (χ2v) is 4.80. The number of nitrogens with zero attached hydrogens (tertiary/aromatic N) is 1. The van der Waals surface area contributed by atoms with Crippen molar-refractivity contribution in [3.63, 3.8) is 0 Å². The highest BCUT2D eigenvalue weighted by molar-refractivity contribution is 9.10. The van der Waals surface area contributed by atoms with Gasteiger partial charge in [-0.3, -0.25) is 4.79 Å². The van der Waals surface area contributed by atoms with Crippen LogP contribution in [0.2, 0.25) is 0 Å². The molecule has 5 heteroatoms. The van der Waals surface area contributed by atoms with Crippen LogP contribution in [0.15, 0.2) is 16.6 Å². The molecule has 0 atom stereocenters. The van der Waals surface area contributed by atoms with E-state index in [0.29, 0.717) is 24.4 Å². The number of benzene rings is 1. The van der Waals surface area contributed by atoms with Crippen molar-refractivity contribution in [2.24, 2.45) is 0 Å². The molecule has 17 heavy (non-hydrogen) atoms. The zero-order chi connectivity index (χ0) is 13.0. The Morgan fingerprint density at radius 1 is 1.53 bits per heavy atom. The highest BCUT2D eigenvalue weighted by atomic mass is 79.9. The lowest BCUT2D eigenvalue weighted by molar-refractivity contribution is 0.0743. The summed E-state index contributed by atoms with van der Waals surface area (Å²) in [6.07, 6.45) is 0. The van der Waals surface area contributed by atoms with Crippen molar-refractivity contribution in [3.05, 3.63) is 27.7 Å². The van der Waals surface area contributed by atoms with Crippen LogP contribution in [0.1, 0.15) is 15.9 Å². The number of halogens is 1. The Labute approximate surface area is 110 Å². The van der Waals surface area contributed by atoms with E-state index in [1.54, 1.807) is 31.2 Å². The van der Waals surface area contributed by atoms with E-state index in [2.05, 4.69) is 15.9 Å². The first-order valence-corrected chi connectivity index (χ1v) is 6.06. The van der Waals surface area contributed by atoms with E-state index < -0.39 is 0 Å². The van der Waals surface area contributed by atoms with Gasteiger partial charge in [-0.1, -0.05) is 15.9 Å². The molecular weight excluding hydrogens is 284 g/mol. The third kappa shape index (κ3) is 3.44. The van der Waals surface area contributed by atoms with Crippen molar-refractivity contribution < 1.29 is 9.53 Å². The molecule has 1 aromatic carbocycles. The van der Waals surface area contributed by atoms with Gasteiger partial charge in [0.05, 0.1) is 6.61 Å². The molecule has 0 aliphatic carbocycles. The van der Waals surface area contributed by atoms with Crippen LogP contribution in [-0.2, 0) is 4.74 Å². The lowest BCUT2D eigenvalue weighted by atomic mass is 10.1. The minimum atomic E-state index is -0.0486. The maximum absolute atomic E-state index is 12.2. The van der Waals surface area contributed by atoms with Gasteiger partial charge in [0.25, 0.3) is 5.91 Å². The number of methoxy groups -OCH3 is 1. The van der Waals surface area contributed by atoms with Gasteiger partial charge in [-0.25, -0.2) is 0 Å². The highest BCUT2D eigenvalue weighted by Crippen LogP contribution is 2.23. The molecule has 0 aromatic heterocycles. The van der Waals surface area contributed by atoms with Crippen LogP contribution in [0.5, 0.6) is 0 Å². The predicted octanol–water partition coefficient (Wildman–Crippen LogP) is 2.06. The largest absolute Gasteiger partial charge is 0.398 e. The quantitative estimate of drug-likeness (QED) is 0.866. The molecule has 0 spiro atoms. The Hall–Kier alpha value is -1.07. The Bertz CT molecular complexity index is 421.